The fourth-order valence-corrected chi connectivity index (χ4v) is 5.79. The number of benzene rings is 2. The lowest BCUT2D eigenvalue weighted by Gasteiger charge is -2.27. The molecule has 0 radical (unpaired) electrons. The Balaban J connectivity index is 1.47. The van der Waals surface area contributed by atoms with Crippen molar-refractivity contribution in [2.75, 3.05) is 30.4 Å². The highest BCUT2D eigenvalue weighted by molar-refractivity contribution is 7.91. The van der Waals surface area contributed by atoms with E-state index in [4.69, 9.17) is 0 Å². The molecule has 14 heteroatoms. The van der Waals surface area contributed by atoms with Gasteiger partial charge in [0.2, 0.25) is 0 Å². The Morgan fingerprint density at radius 3 is 2.30 bits per heavy atom. The number of aliphatic hydroxyl groups is 1. The van der Waals surface area contributed by atoms with E-state index in [1.807, 2.05) is 4.90 Å². The molecule has 3 aromatic rings. The lowest BCUT2D eigenvalue weighted by atomic mass is 9.95. The molecular formula is C29H30F5N3O5S. The lowest BCUT2D eigenvalue weighted by molar-refractivity contribution is -0.137. The Hall–Kier alpha value is -3.62. The molecule has 1 amide bonds. The van der Waals surface area contributed by atoms with Crippen LogP contribution in [0.3, 0.4) is 0 Å². The highest BCUT2D eigenvalue weighted by Gasteiger charge is 2.35. The van der Waals surface area contributed by atoms with Gasteiger partial charge in [-0.2, -0.15) is 22.0 Å². The van der Waals surface area contributed by atoms with Gasteiger partial charge in [-0.1, -0.05) is 19.1 Å². The summed E-state index contributed by atoms with van der Waals surface area (Å²) in [5.74, 6) is -0.885. The molecule has 43 heavy (non-hydrogen) atoms. The number of carbonyl (C=O) groups excluding carboxylic acids is 1. The largest absolute Gasteiger partial charge is 0.416 e. The number of carbonyl (C=O) groups is 1. The first kappa shape index (κ1) is 32.3. The van der Waals surface area contributed by atoms with Crippen molar-refractivity contribution in [2.24, 2.45) is 0 Å². The molecule has 4 rings (SSSR count). The van der Waals surface area contributed by atoms with Gasteiger partial charge >= 0.3 is 12.8 Å². The van der Waals surface area contributed by atoms with E-state index in [1.165, 1.54) is 49.5 Å². The molecule has 1 aromatic heterocycles. The minimum Gasteiger partial charge on any atom is -0.394 e. The predicted octanol–water partition coefficient (Wildman–Crippen LogP) is 4.96. The number of hydrogen-bond donors (Lipinski definition) is 2. The van der Waals surface area contributed by atoms with Gasteiger partial charge < -0.3 is 20.1 Å². The standard InChI is InChI=1S/C29H30F5N3O5S/c1-2-43(40,41)24-11-12-25(35-14-24)26(16-38)36-27(39)19-5-9-22(10-6-19)37-15-20(13-23(37)17-42-28(30)31)18-3-7-21(8-4-18)29(32,33)34/h3-12,14,20,23,26,28,38H,2,13,15-17H2,1H3,(H,36,39)/t20?,23-,26+/m1/s1. The Bertz CT molecular complexity index is 1480. The van der Waals surface area contributed by atoms with Gasteiger partial charge in [0.05, 0.1) is 47.2 Å². The van der Waals surface area contributed by atoms with E-state index in [0.29, 0.717) is 24.2 Å². The molecule has 2 N–H and O–H groups in total. The van der Waals surface area contributed by atoms with Crippen molar-refractivity contribution in [2.45, 2.75) is 49.0 Å². The fourth-order valence-electron chi connectivity index (χ4n) is 4.97. The van der Waals surface area contributed by atoms with E-state index in [0.717, 1.165) is 12.1 Å². The number of nitrogens with zero attached hydrogens (tertiary/aromatic N) is 2. The number of ether oxygens (including phenoxy) is 1. The SMILES string of the molecule is CCS(=O)(=O)c1ccc([C@H](CO)NC(=O)c2ccc(N3CC(c4ccc(C(F)(F)F)cc4)C[C@@H]3COC(F)F)cc2)nc1. The number of pyridine rings is 1. The summed E-state index contributed by atoms with van der Waals surface area (Å²) in [6.07, 6.45) is -2.94. The van der Waals surface area contributed by atoms with Crippen LogP contribution in [0, 0.1) is 0 Å². The third kappa shape index (κ3) is 7.86. The zero-order chi connectivity index (χ0) is 31.4. The quantitative estimate of drug-likeness (QED) is 0.290. The predicted molar refractivity (Wildman–Crippen MR) is 148 cm³/mol. The van der Waals surface area contributed by atoms with Crippen LogP contribution in [0.1, 0.15) is 52.5 Å². The smallest absolute Gasteiger partial charge is 0.394 e. The molecule has 1 aliphatic rings. The first-order valence-corrected chi connectivity index (χ1v) is 15.0. The van der Waals surface area contributed by atoms with Crippen LogP contribution in [0.4, 0.5) is 27.6 Å². The molecular weight excluding hydrogens is 597 g/mol. The zero-order valence-electron chi connectivity index (χ0n) is 23.0. The summed E-state index contributed by atoms with van der Waals surface area (Å²) in [4.78, 5) is 18.9. The molecule has 0 bridgehead atoms. The average Bonchev–Trinajstić information content (AvgIpc) is 3.43. The van der Waals surface area contributed by atoms with Crippen LogP contribution in [0.15, 0.2) is 71.8 Å². The molecule has 1 saturated heterocycles. The fraction of sp³-hybridized carbons (Fsp3) is 0.379. The summed E-state index contributed by atoms with van der Waals surface area (Å²) in [6, 6.07) is 12.4. The number of nitrogens with one attached hydrogen (secondary N) is 1. The van der Waals surface area contributed by atoms with E-state index < -0.39 is 52.8 Å². The van der Waals surface area contributed by atoms with Gasteiger partial charge in [-0.3, -0.25) is 9.78 Å². The normalized spacial score (nSPS) is 18.2. The number of halogens is 5. The summed E-state index contributed by atoms with van der Waals surface area (Å²) in [5, 5.41) is 12.5. The first-order valence-electron chi connectivity index (χ1n) is 13.4. The highest BCUT2D eigenvalue weighted by atomic mass is 32.2. The maximum absolute atomic E-state index is 13.0. The number of hydrogen-bond acceptors (Lipinski definition) is 7. The molecule has 1 unspecified atom stereocenters. The van der Waals surface area contributed by atoms with Gasteiger partial charge in [0.15, 0.2) is 9.84 Å². The maximum atomic E-state index is 13.0. The van der Waals surface area contributed by atoms with E-state index >= 15 is 0 Å². The zero-order valence-corrected chi connectivity index (χ0v) is 23.8. The lowest BCUT2D eigenvalue weighted by Crippen LogP contribution is -2.34. The van der Waals surface area contributed by atoms with Crippen LogP contribution in [0.2, 0.25) is 0 Å². The number of amides is 1. The second-order valence-corrected chi connectivity index (χ2v) is 12.3. The van der Waals surface area contributed by atoms with Crippen LogP contribution in [0.5, 0.6) is 0 Å². The summed E-state index contributed by atoms with van der Waals surface area (Å²) < 4.78 is 93.3. The van der Waals surface area contributed by atoms with E-state index in [9.17, 15) is 40.3 Å². The first-order chi connectivity index (χ1) is 20.3. The van der Waals surface area contributed by atoms with Crippen LogP contribution >= 0.6 is 0 Å². The maximum Gasteiger partial charge on any atom is 0.416 e. The van der Waals surface area contributed by atoms with Gasteiger partial charge in [0.25, 0.3) is 5.91 Å². The van der Waals surface area contributed by atoms with Crippen LogP contribution < -0.4 is 10.2 Å². The number of sulfone groups is 1. The Morgan fingerprint density at radius 2 is 1.77 bits per heavy atom. The Labute approximate surface area is 245 Å². The van der Waals surface area contributed by atoms with Crippen molar-refractivity contribution >= 4 is 21.4 Å². The van der Waals surface area contributed by atoms with Gasteiger partial charge in [-0.15, -0.1) is 0 Å². The molecule has 2 heterocycles. The average molecular weight is 628 g/mol. The summed E-state index contributed by atoms with van der Waals surface area (Å²) in [6.45, 7) is -1.96. The Kier molecular flexibility index (Phi) is 10.0. The molecule has 232 valence electrons. The number of anilines is 1. The molecule has 1 fully saturated rings. The molecule has 3 atom stereocenters. The van der Waals surface area contributed by atoms with E-state index in [2.05, 4.69) is 15.0 Å². The second kappa shape index (κ2) is 13.3. The second-order valence-electron chi connectivity index (χ2n) is 10.0. The van der Waals surface area contributed by atoms with Crippen LogP contribution in [0.25, 0.3) is 0 Å². The van der Waals surface area contributed by atoms with E-state index in [-0.39, 0.29) is 34.4 Å². The Morgan fingerprint density at radius 1 is 1.09 bits per heavy atom. The third-order valence-corrected chi connectivity index (χ3v) is 9.06. The van der Waals surface area contributed by atoms with Crippen molar-refractivity contribution in [1.29, 1.82) is 0 Å². The number of aromatic nitrogens is 1. The number of aliphatic hydroxyl groups excluding tert-OH is 1. The topological polar surface area (TPSA) is 109 Å². The van der Waals surface area contributed by atoms with Gasteiger partial charge in [0, 0.05) is 29.9 Å². The monoisotopic (exact) mass is 627 g/mol. The summed E-state index contributed by atoms with van der Waals surface area (Å²) in [5.41, 5.74) is 0.944. The van der Waals surface area contributed by atoms with Crippen molar-refractivity contribution in [3.8, 4) is 0 Å². The minimum absolute atomic E-state index is 0.0251. The van der Waals surface area contributed by atoms with Crippen molar-refractivity contribution in [3.05, 3.63) is 89.2 Å². The van der Waals surface area contributed by atoms with Crippen LogP contribution in [-0.4, -0.2) is 62.6 Å². The molecule has 8 nitrogen and oxygen atoms in total. The molecule has 2 aromatic carbocycles. The summed E-state index contributed by atoms with van der Waals surface area (Å²) in [7, 11) is -3.47. The van der Waals surface area contributed by atoms with Gasteiger partial charge in [-0.05, 0) is 60.5 Å². The molecule has 0 aliphatic carbocycles. The highest BCUT2D eigenvalue weighted by Crippen LogP contribution is 2.37. The van der Waals surface area contributed by atoms with E-state index in [1.54, 1.807) is 12.1 Å². The van der Waals surface area contributed by atoms with Crippen molar-refractivity contribution in [1.82, 2.24) is 10.3 Å². The summed E-state index contributed by atoms with van der Waals surface area (Å²) >= 11 is 0. The molecule has 0 saturated carbocycles. The van der Waals surface area contributed by atoms with Crippen molar-refractivity contribution < 1.29 is 45.0 Å². The van der Waals surface area contributed by atoms with Crippen LogP contribution in [-0.2, 0) is 20.8 Å². The van der Waals surface area contributed by atoms with Crippen molar-refractivity contribution in [3.63, 3.8) is 0 Å². The number of alkyl halides is 5. The van der Waals surface area contributed by atoms with Gasteiger partial charge in [-0.25, -0.2) is 8.42 Å². The van der Waals surface area contributed by atoms with Gasteiger partial charge in [0.1, 0.15) is 0 Å². The molecule has 0 spiro atoms. The minimum atomic E-state index is -4.47. The molecule has 1 aliphatic heterocycles. The third-order valence-electron chi connectivity index (χ3n) is 7.34. The number of rotatable bonds is 11.